The van der Waals surface area contributed by atoms with Crippen LogP contribution in [-0.4, -0.2) is 47.3 Å². The second-order valence-electron chi connectivity index (χ2n) is 7.06. The smallest absolute Gasteiger partial charge is 0.410 e. The third-order valence-corrected chi connectivity index (χ3v) is 4.66. The van der Waals surface area contributed by atoms with Crippen LogP contribution in [0.3, 0.4) is 0 Å². The van der Waals surface area contributed by atoms with Crippen LogP contribution in [0.5, 0.6) is 0 Å². The van der Waals surface area contributed by atoms with Gasteiger partial charge in [0.25, 0.3) is 0 Å². The van der Waals surface area contributed by atoms with E-state index >= 15 is 0 Å². The lowest BCUT2D eigenvalue weighted by atomic mass is 10.1. The summed E-state index contributed by atoms with van der Waals surface area (Å²) < 4.78 is 6.52. The Morgan fingerprint density at radius 3 is 2.82 bits per heavy atom. The molecule has 0 radical (unpaired) electrons. The maximum absolute atomic E-state index is 12.4. The Kier molecular flexibility index (Phi) is 4.05. The van der Waals surface area contributed by atoms with Gasteiger partial charge in [0.1, 0.15) is 5.60 Å². The summed E-state index contributed by atoms with van der Waals surface area (Å²) in [4.78, 5) is 20.8. The number of anilines is 1. The average Bonchev–Trinajstić information content (AvgIpc) is 2.95. The fourth-order valence-electron chi connectivity index (χ4n) is 3.29. The lowest BCUT2D eigenvalue weighted by Gasteiger charge is -2.28. The number of hydrogen-bond acceptors (Lipinski definition) is 4. The largest absolute Gasteiger partial charge is 0.444 e. The summed E-state index contributed by atoms with van der Waals surface area (Å²) in [5, 5.41) is 0. The van der Waals surface area contributed by atoms with Crippen LogP contribution in [0.15, 0.2) is 22.9 Å². The first-order chi connectivity index (χ1) is 10.3. The molecule has 1 aromatic heterocycles. The van der Waals surface area contributed by atoms with Gasteiger partial charge in [-0.3, -0.25) is 4.98 Å². The van der Waals surface area contributed by atoms with E-state index in [4.69, 9.17) is 4.74 Å². The minimum atomic E-state index is -0.443. The second-order valence-corrected chi connectivity index (χ2v) is 7.97. The van der Waals surface area contributed by atoms with Crippen LogP contribution in [-0.2, 0) is 4.74 Å². The van der Waals surface area contributed by atoms with Crippen molar-refractivity contribution in [3.63, 3.8) is 0 Å². The summed E-state index contributed by atoms with van der Waals surface area (Å²) in [7, 11) is 0. The number of nitrogens with zero attached hydrogens (tertiary/aromatic N) is 3. The molecule has 1 amide bonds. The Bertz CT molecular complexity index is 573. The Morgan fingerprint density at radius 2 is 2.14 bits per heavy atom. The van der Waals surface area contributed by atoms with Crippen LogP contribution in [0.2, 0.25) is 0 Å². The molecule has 1 aromatic rings. The number of rotatable bonds is 1. The molecular formula is C16H22BrN3O2. The van der Waals surface area contributed by atoms with E-state index in [2.05, 4.69) is 31.9 Å². The molecule has 0 aliphatic carbocycles. The normalized spacial score (nSPS) is 24.5. The molecule has 2 atom stereocenters. The van der Waals surface area contributed by atoms with Gasteiger partial charge in [-0.25, -0.2) is 4.79 Å². The fourth-order valence-corrected chi connectivity index (χ4v) is 3.65. The van der Waals surface area contributed by atoms with Gasteiger partial charge in [-0.2, -0.15) is 0 Å². The molecule has 2 aliphatic rings. The van der Waals surface area contributed by atoms with Crippen LogP contribution < -0.4 is 4.90 Å². The van der Waals surface area contributed by atoms with E-state index in [1.165, 1.54) is 0 Å². The van der Waals surface area contributed by atoms with Crippen molar-refractivity contribution in [3.05, 3.63) is 22.9 Å². The zero-order chi connectivity index (χ0) is 15.9. The van der Waals surface area contributed by atoms with Crippen LogP contribution in [0, 0.1) is 5.92 Å². The first kappa shape index (κ1) is 15.6. The maximum atomic E-state index is 12.4. The molecule has 5 nitrogen and oxygen atoms in total. The molecule has 2 aliphatic heterocycles. The van der Waals surface area contributed by atoms with Gasteiger partial charge in [-0.05, 0) is 49.2 Å². The molecule has 0 aromatic carbocycles. The van der Waals surface area contributed by atoms with Gasteiger partial charge in [0.2, 0.25) is 0 Å². The van der Waals surface area contributed by atoms with Crippen molar-refractivity contribution in [3.8, 4) is 0 Å². The molecule has 3 rings (SSSR count). The molecule has 22 heavy (non-hydrogen) atoms. The van der Waals surface area contributed by atoms with E-state index in [0.717, 1.165) is 36.2 Å². The van der Waals surface area contributed by atoms with E-state index < -0.39 is 5.60 Å². The Labute approximate surface area is 139 Å². The van der Waals surface area contributed by atoms with Crippen molar-refractivity contribution >= 4 is 27.7 Å². The number of ether oxygens (including phenoxy) is 1. The van der Waals surface area contributed by atoms with E-state index in [0.29, 0.717) is 5.92 Å². The number of carbonyl (C=O) groups is 1. The number of halogens is 1. The van der Waals surface area contributed by atoms with Gasteiger partial charge in [0, 0.05) is 36.2 Å². The summed E-state index contributed by atoms with van der Waals surface area (Å²) in [5.41, 5.74) is 0.662. The summed E-state index contributed by atoms with van der Waals surface area (Å²) in [6, 6.07) is 2.32. The molecule has 0 N–H and O–H groups in total. The van der Waals surface area contributed by atoms with E-state index in [-0.39, 0.29) is 12.1 Å². The zero-order valence-corrected chi connectivity index (χ0v) is 14.8. The van der Waals surface area contributed by atoms with Gasteiger partial charge in [-0.1, -0.05) is 0 Å². The standard InChI is InChI=1S/C16H22BrN3O2/c1-16(2,3)22-15(21)20-5-4-11-9-19(10-14(11)20)13-6-12(17)7-18-8-13/h6-8,11,14H,4-5,9-10H2,1-3H3/t11-,14+/m0/s1. The Balaban J connectivity index is 1.70. The first-order valence-electron chi connectivity index (χ1n) is 7.68. The summed E-state index contributed by atoms with van der Waals surface area (Å²) >= 11 is 3.46. The number of amides is 1. The van der Waals surface area contributed by atoms with E-state index in [1.807, 2.05) is 31.9 Å². The van der Waals surface area contributed by atoms with Crippen LogP contribution in [0.25, 0.3) is 0 Å². The second kappa shape index (κ2) is 5.72. The maximum Gasteiger partial charge on any atom is 0.410 e. The minimum Gasteiger partial charge on any atom is -0.444 e. The summed E-state index contributed by atoms with van der Waals surface area (Å²) in [6.07, 6.45) is 4.52. The molecule has 6 heteroatoms. The third-order valence-electron chi connectivity index (χ3n) is 4.23. The monoisotopic (exact) mass is 367 g/mol. The highest BCUT2D eigenvalue weighted by molar-refractivity contribution is 9.10. The zero-order valence-electron chi connectivity index (χ0n) is 13.3. The number of aromatic nitrogens is 1. The molecule has 3 heterocycles. The van der Waals surface area contributed by atoms with Gasteiger partial charge in [0.05, 0.1) is 17.9 Å². The topological polar surface area (TPSA) is 45.7 Å². The molecule has 0 unspecified atom stereocenters. The van der Waals surface area contributed by atoms with Crippen LogP contribution in [0.4, 0.5) is 10.5 Å². The predicted octanol–water partition coefficient (Wildman–Crippen LogP) is 3.29. The van der Waals surface area contributed by atoms with Crippen molar-refractivity contribution in [2.24, 2.45) is 5.92 Å². The Morgan fingerprint density at radius 1 is 1.36 bits per heavy atom. The van der Waals surface area contributed by atoms with Gasteiger partial charge < -0.3 is 14.5 Å². The highest BCUT2D eigenvalue weighted by Gasteiger charge is 2.44. The SMILES string of the molecule is CC(C)(C)OC(=O)N1CC[C@H]2CN(c3cncc(Br)c3)C[C@H]21. The van der Waals surface area contributed by atoms with Crippen molar-refractivity contribution in [1.82, 2.24) is 9.88 Å². The number of fused-ring (bicyclic) bond motifs is 1. The molecule has 0 spiro atoms. The molecule has 2 saturated heterocycles. The van der Waals surface area contributed by atoms with Crippen molar-refractivity contribution in [2.75, 3.05) is 24.5 Å². The first-order valence-corrected chi connectivity index (χ1v) is 8.48. The molecular weight excluding hydrogens is 346 g/mol. The molecule has 0 saturated carbocycles. The van der Waals surface area contributed by atoms with Gasteiger partial charge in [-0.15, -0.1) is 0 Å². The van der Waals surface area contributed by atoms with Crippen molar-refractivity contribution in [1.29, 1.82) is 0 Å². The number of likely N-dealkylation sites (tertiary alicyclic amines) is 1. The van der Waals surface area contributed by atoms with Crippen molar-refractivity contribution in [2.45, 2.75) is 38.8 Å². The highest BCUT2D eigenvalue weighted by Crippen LogP contribution is 2.35. The number of hydrogen-bond donors (Lipinski definition) is 0. The summed E-state index contributed by atoms with van der Waals surface area (Å²) in [5.74, 6) is 0.520. The number of carbonyl (C=O) groups excluding carboxylic acids is 1. The molecule has 2 fully saturated rings. The lowest BCUT2D eigenvalue weighted by Crippen LogP contribution is -2.42. The van der Waals surface area contributed by atoms with Gasteiger partial charge in [0.15, 0.2) is 0 Å². The third kappa shape index (κ3) is 3.21. The van der Waals surface area contributed by atoms with Crippen molar-refractivity contribution < 1.29 is 9.53 Å². The average molecular weight is 368 g/mol. The molecule has 0 bridgehead atoms. The lowest BCUT2D eigenvalue weighted by molar-refractivity contribution is 0.0229. The van der Waals surface area contributed by atoms with Crippen LogP contribution in [0.1, 0.15) is 27.2 Å². The van der Waals surface area contributed by atoms with E-state index in [9.17, 15) is 4.79 Å². The fraction of sp³-hybridized carbons (Fsp3) is 0.625. The van der Waals surface area contributed by atoms with Crippen LogP contribution >= 0.6 is 15.9 Å². The predicted molar refractivity (Wildman–Crippen MR) is 89.0 cm³/mol. The Hall–Kier alpha value is -1.30. The van der Waals surface area contributed by atoms with E-state index in [1.54, 1.807) is 6.20 Å². The molecule has 120 valence electrons. The minimum absolute atomic E-state index is 0.186. The number of pyridine rings is 1. The summed E-state index contributed by atoms with van der Waals surface area (Å²) in [6.45, 7) is 8.35. The van der Waals surface area contributed by atoms with Gasteiger partial charge >= 0.3 is 6.09 Å². The highest BCUT2D eigenvalue weighted by atomic mass is 79.9. The quantitative estimate of drug-likeness (QED) is 0.763.